The number of halogens is 1. The first-order valence-electron chi connectivity index (χ1n) is 9.98. The van der Waals surface area contributed by atoms with Gasteiger partial charge in [0.2, 0.25) is 10.0 Å². The number of nitrogens with one attached hydrogen (secondary N) is 1. The number of nitrogens with zero attached hydrogens (tertiary/aromatic N) is 1. The summed E-state index contributed by atoms with van der Waals surface area (Å²) in [5, 5.41) is 0.662. The minimum absolute atomic E-state index is 0.0632. The highest BCUT2D eigenvalue weighted by molar-refractivity contribution is 7.88. The predicted molar refractivity (Wildman–Crippen MR) is 112 cm³/mol. The molecule has 1 saturated carbocycles. The van der Waals surface area contributed by atoms with Gasteiger partial charge in [-0.1, -0.05) is 17.7 Å². The SMILES string of the molecule is CN1CCC(CNS(C)(=O)=O)OC2CCC(CC2)c2c(Cl)cccc2OCC1=O. The Balaban J connectivity index is 1.80. The smallest absolute Gasteiger partial charge is 0.260 e. The molecule has 9 heteroatoms. The third kappa shape index (κ3) is 6.31. The number of likely N-dealkylation sites (N-methyl/N-ethyl adjacent to an activating group) is 1. The summed E-state index contributed by atoms with van der Waals surface area (Å²) in [7, 11) is -1.59. The van der Waals surface area contributed by atoms with Crippen LogP contribution in [0, 0.1) is 0 Å². The maximum atomic E-state index is 12.5. The van der Waals surface area contributed by atoms with Crippen molar-refractivity contribution < 1.29 is 22.7 Å². The summed E-state index contributed by atoms with van der Waals surface area (Å²) >= 11 is 6.48. The van der Waals surface area contributed by atoms with Crippen LogP contribution in [0.1, 0.15) is 43.6 Å². The molecule has 2 heterocycles. The van der Waals surface area contributed by atoms with Gasteiger partial charge in [-0.25, -0.2) is 13.1 Å². The standard InChI is InChI=1S/C20H29ClN2O5S/c1-23-11-10-16(12-22-29(2,25)26)28-15-8-6-14(7-9-15)20-17(21)4-3-5-18(20)27-13-19(23)24/h3-5,14-16,22H,6-13H2,1-2H3. The molecule has 1 aromatic carbocycles. The van der Waals surface area contributed by atoms with Crippen LogP contribution in [0.4, 0.5) is 0 Å². The Hall–Kier alpha value is -1.35. The van der Waals surface area contributed by atoms with E-state index in [1.165, 1.54) is 0 Å². The van der Waals surface area contributed by atoms with E-state index >= 15 is 0 Å². The van der Waals surface area contributed by atoms with Gasteiger partial charge in [0, 0.05) is 30.7 Å². The topological polar surface area (TPSA) is 84.9 Å². The number of amides is 1. The van der Waals surface area contributed by atoms with Crippen molar-refractivity contribution in [3.05, 3.63) is 28.8 Å². The number of carbonyl (C=O) groups excluding carboxylic acids is 1. The van der Waals surface area contributed by atoms with Gasteiger partial charge >= 0.3 is 0 Å². The van der Waals surface area contributed by atoms with E-state index in [1.807, 2.05) is 18.2 Å². The number of rotatable bonds is 3. The van der Waals surface area contributed by atoms with Crippen molar-refractivity contribution in [3.8, 4) is 5.75 Å². The molecule has 0 aromatic heterocycles. The quantitative estimate of drug-likeness (QED) is 0.774. The molecule has 0 saturated heterocycles. The van der Waals surface area contributed by atoms with E-state index in [1.54, 1.807) is 11.9 Å². The highest BCUT2D eigenvalue weighted by Crippen LogP contribution is 2.42. The third-order valence-corrected chi connectivity index (χ3v) is 6.64. The molecule has 29 heavy (non-hydrogen) atoms. The third-order valence-electron chi connectivity index (χ3n) is 5.62. The molecule has 0 radical (unpaired) electrons. The summed E-state index contributed by atoms with van der Waals surface area (Å²) in [6, 6.07) is 5.57. The van der Waals surface area contributed by atoms with E-state index in [9.17, 15) is 13.2 Å². The highest BCUT2D eigenvalue weighted by atomic mass is 35.5. The Kier molecular flexibility index (Phi) is 7.42. The average Bonchev–Trinajstić information content (AvgIpc) is 2.67. The van der Waals surface area contributed by atoms with E-state index in [2.05, 4.69) is 4.72 Å². The molecular formula is C20H29ClN2O5S. The van der Waals surface area contributed by atoms with Gasteiger partial charge in [0.05, 0.1) is 18.5 Å². The number of hydrogen-bond acceptors (Lipinski definition) is 5. The first kappa shape index (κ1) is 22.3. The number of ether oxygens (including phenoxy) is 2. The van der Waals surface area contributed by atoms with Crippen molar-refractivity contribution in [2.75, 3.05) is 33.0 Å². The number of hydrogen-bond donors (Lipinski definition) is 1. The lowest BCUT2D eigenvalue weighted by Crippen LogP contribution is -2.40. The van der Waals surface area contributed by atoms with Gasteiger partial charge in [-0.05, 0) is 50.2 Å². The van der Waals surface area contributed by atoms with Crippen LogP contribution < -0.4 is 9.46 Å². The molecule has 7 nitrogen and oxygen atoms in total. The molecule has 0 spiro atoms. The fourth-order valence-corrected chi connectivity index (χ4v) is 4.78. The minimum Gasteiger partial charge on any atom is -0.483 e. The fraction of sp³-hybridized carbons (Fsp3) is 0.650. The second kappa shape index (κ2) is 9.64. The molecule has 1 fully saturated rings. The van der Waals surface area contributed by atoms with Crippen molar-refractivity contribution in [2.45, 2.75) is 50.2 Å². The molecule has 2 bridgehead atoms. The Labute approximate surface area is 177 Å². The van der Waals surface area contributed by atoms with Crippen molar-refractivity contribution in [3.63, 3.8) is 0 Å². The van der Waals surface area contributed by atoms with Crippen molar-refractivity contribution in [1.82, 2.24) is 9.62 Å². The summed E-state index contributed by atoms with van der Waals surface area (Å²) in [4.78, 5) is 14.1. The van der Waals surface area contributed by atoms with Crippen LogP contribution >= 0.6 is 11.6 Å². The zero-order valence-corrected chi connectivity index (χ0v) is 18.5. The Morgan fingerprint density at radius 1 is 1.21 bits per heavy atom. The lowest BCUT2D eigenvalue weighted by atomic mass is 9.82. The average molecular weight is 445 g/mol. The van der Waals surface area contributed by atoms with Crippen LogP contribution in [0.5, 0.6) is 5.75 Å². The van der Waals surface area contributed by atoms with Crippen LogP contribution in [0.15, 0.2) is 18.2 Å². The van der Waals surface area contributed by atoms with Crippen LogP contribution in [-0.4, -0.2) is 64.4 Å². The number of benzene rings is 1. The molecule has 1 unspecified atom stereocenters. The fourth-order valence-electron chi connectivity index (χ4n) is 3.97. The predicted octanol–water partition coefficient (Wildman–Crippen LogP) is 2.54. The first-order valence-corrected chi connectivity index (χ1v) is 12.2. The van der Waals surface area contributed by atoms with E-state index in [0.29, 0.717) is 23.7 Å². The molecule has 1 atom stereocenters. The van der Waals surface area contributed by atoms with Gasteiger partial charge in [0.25, 0.3) is 5.91 Å². The van der Waals surface area contributed by atoms with Crippen LogP contribution in [0.3, 0.4) is 0 Å². The van der Waals surface area contributed by atoms with E-state index in [4.69, 9.17) is 21.1 Å². The minimum atomic E-state index is -3.31. The van der Waals surface area contributed by atoms with Crippen molar-refractivity contribution in [1.29, 1.82) is 0 Å². The molecular weight excluding hydrogens is 416 g/mol. The maximum absolute atomic E-state index is 12.5. The van der Waals surface area contributed by atoms with Gasteiger partial charge in [-0.2, -0.15) is 0 Å². The molecule has 2 aliphatic heterocycles. The van der Waals surface area contributed by atoms with Gasteiger partial charge < -0.3 is 14.4 Å². The van der Waals surface area contributed by atoms with E-state index < -0.39 is 10.0 Å². The van der Waals surface area contributed by atoms with Crippen LogP contribution in [0.25, 0.3) is 0 Å². The number of carbonyl (C=O) groups is 1. The monoisotopic (exact) mass is 444 g/mol. The van der Waals surface area contributed by atoms with Gasteiger partial charge in [0.15, 0.2) is 6.61 Å². The molecule has 4 rings (SSSR count). The molecule has 1 aliphatic carbocycles. The largest absolute Gasteiger partial charge is 0.483 e. The van der Waals surface area contributed by atoms with Gasteiger partial charge in [-0.3, -0.25) is 4.79 Å². The zero-order chi connectivity index (χ0) is 21.0. The Bertz CT molecular complexity index is 824. The van der Waals surface area contributed by atoms with Crippen molar-refractivity contribution >= 4 is 27.5 Å². The second-order valence-electron chi connectivity index (χ2n) is 7.90. The van der Waals surface area contributed by atoms with Crippen molar-refractivity contribution in [2.24, 2.45) is 0 Å². The van der Waals surface area contributed by atoms with Crippen LogP contribution in [0.2, 0.25) is 5.02 Å². The number of sulfonamides is 1. The maximum Gasteiger partial charge on any atom is 0.260 e. The zero-order valence-electron chi connectivity index (χ0n) is 16.9. The van der Waals surface area contributed by atoms with Gasteiger partial charge in [0.1, 0.15) is 5.75 Å². The number of fused-ring (bicyclic) bond motifs is 9. The summed E-state index contributed by atoms with van der Waals surface area (Å²) in [6.07, 6.45) is 5.02. The van der Waals surface area contributed by atoms with E-state index in [-0.39, 0.29) is 37.2 Å². The molecule has 1 amide bonds. The summed E-state index contributed by atoms with van der Waals surface area (Å²) in [5.41, 5.74) is 0.968. The first-order chi connectivity index (χ1) is 13.7. The molecule has 1 aromatic rings. The molecule has 1 N–H and O–H groups in total. The second-order valence-corrected chi connectivity index (χ2v) is 10.1. The normalized spacial score (nSPS) is 26.5. The Morgan fingerprint density at radius 3 is 2.62 bits per heavy atom. The lowest BCUT2D eigenvalue weighted by molar-refractivity contribution is -0.132. The van der Waals surface area contributed by atoms with Crippen LogP contribution in [-0.2, 0) is 19.6 Å². The summed E-state index contributed by atoms with van der Waals surface area (Å²) < 4.78 is 37.6. The lowest BCUT2D eigenvalue weighted by Gasteiger charge is -2.33. The molecule has 162 valence electrons. The van der Waals surface area contributed by atoms with E-state index in [0.717, 1.165) is 37.5 Å². The summed E-state index contributed by atoms with van der Waals surface area (Å²) in [6.45, 7) is 0.592. The molecule has 3 aliphatic rings. The highest BCUT2D eigenvalue weighted by Gasteiger charge is 2.29. The van der Waals surface area contributed by atoms with Gasteiger partial charge in [-0.15, -0.1) is 0 Å². The Morgan fingerprint density at radius 2 is 1.93 bits per heavy atom. The summed E-state index contributed by atoms with van der Waals surface area (Å²) in [5.74, 6) is 0.783.